The number of rotatable bonds is 11. The van der Waals surface area contributed by atoms with E-state index in [1.54, 1.807) is 20.8 Å². The molecule has 0 fully saturated rings. The normalized spacial score (nSPS) is 19.7. The van der Waals surface area contributed by atoms with Crippen LogP contribution in [-0.2, 0) is 28.8 Å². The number of amides is 6. The highest BCUT2D eigenvalue weighted by Crippen LogP contribution is 2.30. The topological polar surface area (TPSA) is 139 Å². The molecule has 0 radical (unpaired) electrons. The molecule has 3 aliphatic heterocycles. The highest BCUT2D eigenvalue weighted by Gasteiger charge is 2.30. The van der Waals surface area contributed by atoms with E-state index in [9.17, 15) is 28.8 Å². The van der Waals surface area contributed by atoms with E-state index in [1.165, 1.54) is 0 Å². The van der Waals surface area contributed by atoms with Crippen molar-refractivity contribution in [3.05, 3.63) is 33.4 Å². The summed E-state index contributed by atoms with van der Waals surface area (Å²) in [6.07, 6.45) is 5.08. The maximum Gasteiger partial charge on any atom is 0.254 e. The molecule has 0 spiro atoms. The van der Waals surface area contributed by atoms with Crippen molar-refractivity contribution in [1.29, 1.82) is 0 Å². The first-order valence-electron chi connectivity index (χ1n) is 11.3. The number of carbonyl (C=O) groups excluding carboxylic acids is 6. The van der Waals surface area contributed by atoms with E-state index >= 15 is 0 Å². The minimum Gasteiger partial charge on any atom is -0.289 e. The molecule has 9 nitrogen and oxygen atoms in total. The molecule has 1 unspecified atom stereocenters. The third kappa shape index (κ3) is 5.35. The summed E-state index contributed by atoms with van der Waals surface area (Å²) in [5.74, 6) is -2.00. The largest absolute Gasteiger partial charge is 0.289 e. The van der Waals surface area contributed by atoms with Gasteiger partial charge in [0.15, 0.2) is 0 Å². The molecule has 0 saturated heterocycles. The highest BCUT2D eigenvalue weighted by molar-refractivity contribution is 6.20. The first-order chi connectivity index (χ1) is 15.6. The molecule has 9 heteroatoms. The van der Waals surface area contributed by atoms with Gasteiger partial charge in [-0.1, -0.05) is 12.8 Å². The van der Waals surface area contributed by atoms with E-state index < -0.39 is 0 Å². The summed E-state index contributed by atoms with van der Waals surface area (Å²) < 4.78 is 0. The Hall–Kier alpha value is -3.36. The molecule has 6 amide bonds. The Balaban J connectivity index is 1.59. The predicted molar refractivity (Wildman–Crippen MR) is 118 cm³/mol. The lowest BCUT2D eigenvalue weighted by atomic mass is 9.87. The molecular weight excluding hydrogens is 426 g/mol. The van der Waals surface area contributed by atoms with Crippen LogP contribution in [0.25, 0.3) is 0 Å². The fraction of sp³-hybridized carbons (Fsp3) is 0.500. The fourth-order valence-electron chi connectivity index (χ4n) is 4.53. The third-order valence-corrected chi connectivity index (χ3v) is 6.70. The van der Waals surface area contributed by atoms with E-state index in [-0.39, 0.29) is 41.4 Å². The van der Waals surface area contributed by atoms with Crippen LogP contribution >= 0.6 is 0 Å². The molecule has 3 N–H and O–H groups in total. The molecule has 0 aromatic rings. The second-order valence-electron chi connectivity index (χ2n) is 8.87. The minimum absolute atomic E-state index is 0.0989. The lowest BCUT2D eigenvalue weighted by molar-refractivity contribution is -0.125. The van der Waals surface area contributed by atoms with Gasteiger partial charge in [0, 0.05) is 33.4 Å². The smallest absolute Gasteiger partial charge is 0.254 e. The van der Waals surface area contributed by atoms with Crippen molar-refractivity contribution in [3.63, 3.8) is 0 Å². The Bertz CT molecular complexity index is 1050. The van der Waals surface area contributed by atoms with Gasteiger partial charge in [-0.2, -0.15) is 0 Å². The summed E-state index contributed by atoms with van der Waals surface area (Å²) >= 11 is 0. The van der Waals surface area contributed by atoms with Crippen LogP contribution in [0.3, 0.4) is 0 Å². The van der Waals surface area contributed by atoms with Crippen molar-refractivity contribution in [2.45, 2.75) is 72.1 Å². The molecule has 33 heavy (non-hydrogen) atoms. The maximum atomic E-state index is 12.2. The van der Waals surface area contributed by atoms with Crippen molar-refractivity contribution in [2.24, 2.45) is 5.92 Å². The van der Waals surface area contributed by atoms with Crippen LogP contribution in [0.4, 0.5) is 0 Å². The predicted octanol–water partition coefficient (Wildman–Crippen LogP) is 1.64. The lowest BCUT2D eigenvalue weighted by Crippen LogP contribution is -2.23. The Morgan fingerprint density at radius 3 is 1.33 bits per heavy atom. The quantitative estimate of drug-likeness (QED) is 0.320. The molecule has 0 bridgehead atoms. The second-order valence-corrected chi connectivity index (χ2v) is 8.87. The van der Waals surface area contributed by atoms with Crippen molar-refractivity contribution >= 4 is 35.4 Å². The van der Waals surface area contributed by atoms with Gasteiger partial charge < -0.3 is 0 Å². The van der Waals surface area contributed by atoms with Crippen LogP contribution in [0.1, 0.15) is 72.1 Å². The van der Waals surface area contributed by atoms with Gasteiger partial charge in [-0.15, -0.1) is 0 Å². The number of hydrogen-bond acceptors (Lipinski definition) is 6. The van der Waals surface area contributed by atoms with Crippen molar-refractivity contribution in [1.82, 2.24) is 16.0 Å². The Morgan fingerprint density at radius 1 is 0.515 bits per heavy atom. The molecule has 176 valence electrons. The molecule has 3 rings (SSSR count). The van der Waals surface area contributed by atoms with E-state index in [4.69, 9.17) is 0 Å². The van der Waals surface area contributed by atoms with Gasteiger partial charge >= 0.3 is 0 Å². The second kappa shape index (κ2) is 10.1. The lowest BCUT2D eigenvalue weighted by Gasteiger charge is -2.17. The van der Waals surface area contributed by atoms with Gasteiger partial charge in [0.1, 0.15) is 0 Å². The Kier molecular flexibility index (Phi) is 7.40. The van der Waals surface area contributed by atoms with Gasteiger partial charge in [-0.05, 0) is 65.2 Å². The van der Waals surface area contributed by atoms with Crippen LogP contribution < -0.4 is 16.0 Å². The number of nitrogens with one attached hydrogen (secondary N) is 3. The zero-order valence-electron chi connectivity index (χ0n) is 19.2. The number of unbranched alkanes of at least 4 members (excludes halogenated alkanes) is 1. The molecule has 0 aromatic heterocycles. The Labute approximate surface area is 192 Å². The fourth-order valence-corrected chi connectivity index (χ4v) is 4.53. The van der Waals surface area contributed by atoms with Crippen LogP contribution in [0.2, 0.25) is 0 Å². The van der Waals surface area contributed by atoms with E-state index in [1.807, 2.05) is 0 Å². The number of hydrogen-bond donors (Lipinski definition) is 3. The van der Waals surface area contributed by atoms with Gasteiger partial charge in [-0.3, -0.25) is 44.7 Å². The van der Waals surface area contributed by atoms with Crippen molar-refractivity contribution in [2.75, 3.05) is 0 Å². The molecule has 1 atom stereocenters. The SMILES string of the molecule is CC1=C(CCCCC(CCCC2=C(C)C(=O)NC2=O)CC2=C(C)C(=O)NC2=O)C(=O)NC1=O. The van der Waals surface area contributed by atoms with Crippen LogP contribution in [0.5, 0.6) is 0 Å². The summed E-state index contributed by atoms with van der Waals surface area (Å²) in [7, 11) is 0. The summed E-state index contributed by atoms with van der Waals surface area (Å²) in [6.45, 7) is 4.92. The van der Waals surface area contributed by atoms with Crippen molar-refractivity contribution < 1.29 is 28.8 Å². The third-order valence-electron chi connectivity index (χ3n) is 6.70. The van der Waals surface area contributed by atoms with Gasteiger partial charge in [0.05, 0.1) is 0 Å². The van der Waals surface area contributed by atoms with Crippen LogP contribution in [0, 0.1) is 5.92 Å². The highest BCUT2D eigenvalue weighted by atomic mass is 16.2. The van der Waals surface area contributed by atoms with E-state index in [0.29, 0.717) is 65.5 Å². The summed E-state index contributed by atoms with van der Waals surface area (Å²) in [5, 5.41) is 6.92. The average molecular weight is 456 g/mol. The molecular formula is C24H29N3O6. The first kappa shape index (κ1) is 24.3. The molecule has 3 heterocycles. The van der Waals surface area contributed by atoms with E-state index in [0.717, 1.165) is 19.3 Å². The molecule has 0 aliphatic carbocycles. The van der Waals surface area contributed by atoms with Crippen molar-refractivity contribution in [3.8, 4) is 0 Å². The Morgan fingerprint density at radius 2 is 0.909 bits per heavy atom. The standard InChI is InChI=1S/C24H29N3O6/c1-12-16(22(31)25-19(12)28)9-5-4-7-15(11-18-14(3)21(30)27-24(18)33)8-6-10-17-13(2)20(29)26-23(17)32/h15H,4-11H2,1-3H3,(H,25,28,31)(H,26,29,32)(H,27,30,33). The van der Waals surface area contributed by atoms with Gasteiger partial charge in [-0.25, -0.2) is 0 Å². The summed E-state index contributed by atoms with van der Waals surface area (Å²) in [4.78, 5) is 71.0. The summed E-state index contributed by atoms with van der Waals surface area (Å²) in [6, 6.07) is 0. The molecule has 3 aliphatic rings. The zero-order valence-corrected chi connectivity index (χ0v) is 19.2. The number of carbonyl (C=O) groups is 6. The van der Waals surface area contributed by atoms with Crippen LogP contribution in [-0.4, -0.2) is 35.4 Å². The maximum absolute atomic E-state index is 12.2. The van der Waals surface area contributed by atoms with E-state index in [2.05, 4.69) is 16.0 Å². The van der Waals surface area contributed by atoms with Gasteiger partial charge in [0.25, 0.3) is 35.4 Å². The monoisotopic (exact) mass is 455 g/mol. The summed E-state index contributed by atoms with van der Waals surface area (Å²) in [5.41, 5.74) is 2.87. The van der Waals surface area contributed by atoms with Crippen LogP contribution in [0.15, 0.2) is 33.4 Å². The first-order valence-corrected chi connectivity index (χ1v) is 11.3. The average Bonchev–Trinajstić information content (AvgIpc) is 3.25. The number of imide groups is 3. The minimum atomic E-state index is -0.366. The zero-order chi connectivity index (χ0) is 24.3. The molecule has 0 saturated carbocycles. The van der Waals surface area contributed by atoms with Gasteiger partial charge in [0.2, 0.25) is 0 Å². The molecule has 0 aromatic carbocycles.